The molecule has 2 unspecified atom stereocenters. The van der Waals surface area contributed by atoms with Crippen LogP contribution in [0.3, 0.4) is 0 Å². The monoisotopic (exact) mass is 478 g/mol. The third kappa shape index (κ3) is 4.89. The first-order valence-electron chi connectivity index (χ1n) is 12.3. The van der Waals surface area contributed by atoms with Gasteiger partial charge in [0.2, 0.25) is 0 Å². The molecule has 0 bridgehead atoms. The second kappa shape index (κ2) is 10.1. The average molecular weight is 479 g/mol. The maximum Gasteiger partial charge on any atom is 0.407 e. The molecule has 2 amide bonds. The van der Waals surface area contributed by atoms with E-state index in [1.807, 2.05) is 24.3 Å². The summed E-state index contributed by atoms with van der Waals surface area (Å²) < 4.78 is 11.2. The highest BCUT2D eigenvalue weighted by Crippen LogP contribution is 2.44. The maximum atomic E-state index is 12.8. The number of aliphatic carboxylic acids is 1. The minimum absolute atomic E-state index is 0.0343. The lowest BCUT2D eigenvalue weighted by Gasteiger charge is -2.28. The molecule has 3 N–H and O–H groups in total. The molecular formula is C27H30N2O6. The van der Waals surface area contributed by atoms with Crippen molar-refractivity contribution in [1.82, 2.24) is 10.6 Å². The van der Waals surface area contributed by atoms with E-state index in [4.69, 9.17) is 14.6 Å². The first-order chi connectivity index (χ1) is 17.0. The fourth-order valence-electron chi connectivity index (χ4n) is 5.56. The molecule has 8 nitrogen and oxygen atoms in total. The summed E-state index contributed by atoms with van der Waals surface area (Å²) in [6.45, 7) is 0.579. The zero-order chi connectivity index (χ0) is 24.4. The molecule has 2 aliphatic carbocycles. The summed E-state index contributed by atoms with van der Waals surface area (Å²) in [6, 6.07) is 15.8. The van der Waals surface area contributed by atoms with Crippen molar-refractivity contribution < 1.29 is 29.0 Å². The summed E-state index contributed by atoms with van der Waals surface area (Å²) in [6.07, 6.45) is 1.52. The Balaban J connectivity index is 1.15. The molecule has 0 radical (unpaired) electrons. The van der Waals surface area contributed by atoms with Crippen molar-refractivity contribution in [3.63, 3.8) is 0 Å². The van der Waals surface area contributed by atoms with Crippen LogP contribution in [0.15, 0.2) is 48.5 Å². The Morgan fingerprint density at radius 1 is 0.886 bits per heavy atom. The molecule has 0 aromatic heterocycles. The molecule has 1 saturated carbocycles. The molecular weight excluding hydrogens is 448 g/mol. The zero-order valence-corrected chi connectivity index (χ0v) is 19.4. The van der Waals surface area contributed by atoms with Gasteiger partial charge in [0, 0.05) is 18.6 Å². The predicted molar refractivity (Wildman–Crippen MR) is 128 cm³/mol. The van der Waals surface area contributed by atoms with Crippen LogP contribution in [-0.2, 0) is 19.1 Å². The number of benzene rings is 2. The molecule has 3 aliphatic rings. The number of carbonyl (C=O) groups is 3. The van der Waals surface area contributed by atoms with E-state index in [1.165, 1.54) is 0 Å². The van der Waals surface area contributed by atoms with Gasteiger partial charge >= 0.3 is 12.1 Å². The van der Waals surface area contributed by atoms with Crippen LogP contribution in [0, 0.1) is 5.92 Å². The van der Waals surface area contributed by atoms with Gasteiger partial charge in [-0.2, -0.15) is 0 Å². The van der Waals surface area contributed by atoms with Gasteiger partial charge in [0.15, 0.2) is 6.10 Å². The van der Waals surface area contributed by atoms with E-state index in [9.17, 15) is 14.4 Å². The van der Waals surface area contributed by atoms with Crippen molar-refractivity contribution in [2.75, 3.05) is 13.2 Å². The molecule has 2 fully saturated rings. The third-order valence-corrected chi connectivity index (χ3v) is 7.42. The van der Waals surface area contributed by atoms with Crippen molar-refractivity contribution >= 4 is 18.0 Å². The van der Waals surface area contributed by atoms with E-state index in [1.54, 1.807) is 0 Å². The smallest absolute Gasteiger partial charge is 0.407 e. The van der Waals surface area contributed by atoms with Gasteiger partial charge in [0.1, 0.15) is 6.61 Å². The molecule has 1 saturated heterocycles. The molecule has 2 aromatic rings. The average Bonchev–Trinajstić information content (AvgIpc) is 3.45. The van der Waals surface area contributed by atoms with Gasteiger partial charge in [-0.05, 0) is 54.4 Å². The van der Waals surface area contributed by atoms with Gasteiger partial charge in [-0.15, -0.1) is 0 Å². The van der Waals surface area contributed by atoms with Gasteiger partial charge in [0.05, 0.1) is 12.0 Å². The van der Waals surface area contributed by atoms with Crippen molar-refractivity contribution in [3.8, 4) is 11.1 Å². The number of rotatable bonds is 6. The summed E-state index contributed by atoms with van der Waals surface area (Å²) in [7, 11) is 0. The van der Waals surface area contributed by atoms with Crippen molar-refractivity contribution in [1.29, 1.82) is 0 Å². The number of alkyl carbamates (subject to hydrolysis) is 1. The number of carboxylic acid groups (broad SMARTS) is 1. The lowest BCUT2D eigenvalue weighted by Crippen LogP contribution is -2.51. The number of nitrogens with one attached hydrogen (secondary N) is 2. The number of carbonyl (C=O) groups excluding carboxylic acids is 2. The van der Waals surface area contributed by atoms with Crippen molar-refractivity contribution in [2.45, 2.75) is 56.2 Å². The number of amides is 2. The fourth-order valence-corrected chi connectivity index (χ4v) is 5.56. The summed E-state index contributed by atoms with van der Waals surface area (Å²) in [5.74, 6) is -1.42. The van der Waals surface area contributed by atoms with Crippen molar-refractivity contribution in [2.24, 2.45) is 5.92 Å². The van der Waals surface area contributed by atoms with E-state index < -0.39 is 24.2 Å². The molecule has 2 atom stereocenters. The Kier molecular flexibility index (Phi) is 6.72. The van der Waals surface area contributed by atoms with Gasteiger partial charge < -0.3 is 25.2 Å². The van der Waals surface area contributed by atoms with Gasteiger partial charge in [-0.25, -0.2) is 4.79 Å². The van der Waals surface area contributed by atoms with Crippen LogP contribution >= 0.6 is 0 Å². The van der Waals surface area contributed by atoms with Crippen LogP contribution in [0.5, 0.6) is 0 Å². The SMILES string of the molecule is O=C(NC1CCOC1C(=O)NC1CCC(C(=O)O)CC1)OCC1c2ccccc2-c2ccccc21. The van der Waals surface area contributed by atoms with Crippen LogP contribution in [-0.4, -0.2) is 54.5 Å². The third-order valence-electron chi connectivity index (χ3n) is 7.42. The van der Waals surface area contributed by atoms with Crippen molar-refractivity contribution in [3.05, 3.63) is 59.7 Å². The Morgan fingerprint density at radius 3 is 2.14 bits per heavy atom. The van der Waals surface area contributed by atoms with E-state index in [-0.39, 0.29) is 30.4 Å². The molecule has 1 heterocycles. The fraction of sp³-hybridized carbons (Fsp3) is 0.444. The maximum absolute atomic E-state index is 12.8. The molecule has 184 valence electrons. The van der Waals surface area contributed by atoms with Crippen LogP contribution in [0.4, 0.5) is 4.79 Å². The zero-order valence-electron chi connectivity index (χ0n) is 19.4. The normalized spacial score (nSPS) is 25.4. The Hall–Kier alpha value is -3.39. The van der Waals surface area contributed by atoms with E-state index >= 15 is 0 Å². The van der Waals surface area contributed by atoms with E-state index in [0.717, 1.165) is 22.3 Å². The summed E-state index contributed by atoms with van der Waals surface area (Å²) >= 11 is 0. The topological polar surface area (TPSA) is 114 Å². The molecule has 1 aliphatic heterocycles. The molecule has 35 heavy (non-hydrogen) atoms. The first-order valence-corrected chi connectivity index (χ1v) is 12.3. The molecule has 2 aromatic carbocycles. The molecule has 5 rings (SSSR count). The lowest BCUT2D eigenvalue weighted by atomic mass is 9.86. The minimum atomic E-state index is -0.785. The number of fused-ring (bicyclic) bond motifs is 3. The van der Waals surface area contributed by atoms with E-state index in [0.29, 0.717) is 38.7 Å². The number of ether oxygens (including phenoxy) is 2. The second-order valence-electron chi connectivity index (χ2n) is 9.55. The van der Waals surface area contributed by atoms with Crippen LogP contribution in [0.2, 0.25) is 0 Å². The van der Waals surface area contributed by atoms with Crippen LogP contribution in [0.1, 0.15) is 49.1 Å². The lowest BCUT2D eigenvalue weighted by molar-refractivity contribution is -0.142. The molecule has 0 spiro atoms. The van der Waals surface area contributed by atoms with Crippen LogP contribution < -0.4 is 10.6 Å². The number of carboxylic acids is 1. The van der Waals surface area contributed by atoms with Crippen LogP contribution in [0.25, 0.3) is 11.1 Å². The first kappa shape index (κ1) is 23.4. The summed E-state index contributed by atoms with van der Waals surface area (Å²) in [4.78, 5) is 36.6. The Morgan fingerprint density at radius 2 is 1.51 bits per heavy atom. The standard InChI is InChI=1S/C27H30N2O6/c30-25(28-17-11-9-16(10-12-17)26(31)32)24-23(13-14-34-24)29-27(33)35-15-22-20-7-3-1-5-18(20)19-6-2-4-8-21(19)22/h1-8,16-17,22-24H,9-15H2,(H,28,30)(H,29,33)(H,31,32). The highest BCUT2D eigenvalue weighted by atomic mass is 16.6. The highest BCUT2D eigenvalue weighted by Gasteiger charge is 2.38. The predicted octanol–water partition coefficient (Wildman–Crippen LogP) is 3.44. The second-order valence-corrected chi connectivity index (χ2v) is 9.55. The number of hydrogen-bond donors (Lipinski definition) is 3. The Bertz CT molecular complexity index is 1060. The summed E-state index contributed by atoms with van der Waals surface area (Å²) in [5.41, 5.74) is 4.60. The van der Waals surface area contributed by atoms with Gasteiger partial charge in [-0.1, -0.05) is 48.5 Å². The quantitative estimate of drug-likeness (QED) is 0.586. The van der Waals surface area contributed by atoms with E-state index in [2.05, 4.69) is 34.9 Å². The Labute approximate surface area is 204 Å². The summed E-state index contributed by atoms with van der Waals surface area (Å²) in [5, 5.41) is 14.9. The highest BCUT2D eigenvalue weighted by molar-refractivity contribution is 5.83. The largest absolute Gasteiger partial charge is 0.481 e. The minimum Gasteiger partial charge on any atom is -0.481 e. The van der Waals surface area contributed by atoms with Gasteiger partial charge in [0.25, 0.3) is 5.91 Å². The number of hydrogen-bond acceptors (Lipinski definition) is 5. The van der Waals surface area contributed by atoms with Gasteiger partial charge in [-0.3, -0.25) is 9.59 Å². The molecule has 8 heteroatoms.